The molecule has 0 saturated heterocycles. The van der Waals surface area contributed by atoms with Gasteiger partial charge in [-0.1, -0.05) is 6.07 Å². The zero-order valence-corrected chi connectivity index (χ0v) is 13.9. The number of aromatic hydroxyl groups is 2. The number of rotatable bonds is 3. The molecule has 2 aromatic rings. The molecule has 2 aliphatic rings. The molecule has 0 amide bonds. The van der Waals surface area contributed by atoms with Crippen molar-refractivity contribution in [2.24, 2.45) is 5.92 Å². The van der Waals surface area contributed by atoms with Gasteiger partial charge in [-0.15, -0.1) is 0 Å². The molecule has 0 aromatic heterocycles. The van der Waals surface area contributed by atoms with Crippen molar-refractivity contribution in [3.05, 3.63) is 40.5 Å². The molecule has 1 atom stereocenters. The maximum Gasteiger partial charge on any atom is 0.231 e. The molecule has 1 unspecified atom stereocenters. The summed E-state index contributed by atoms with van der Waals surface area (Å²) in [5.74, 6) is -0.372. The molecule has 7 nitrogen and oxygen atoms in total. The molecule has 0 aliphatic carbocycles. The van der Waals surface area contributed by atoms with Crippen LogP contribution >= 0.6 is 0 Å². The van der Waals surface area contributed by atoms with Crippen molar-refractivity contribution in [3.63, 3.8) is 0 Å². The lowest BCUT2D eigenvalue weighted by Crippen LogP contribution is -2.30. The van der Waals surface area contributed by atoms with Crippen LogP contribution in [0, 0.1) is 12.8 Å². The number of hydrogen-bond donors (Lipinski definition) is 2. The van der Waals surface area contributed by atoms with Gasteiger partial charge in [-0.25, -0.2) is 0 Å². The highest BCUT2D eigenvalue weighted by molar-refractivity contribution is 6.07. The van der Waals surface area contributed by atoms with Crippen LogP contribution in [-0.4, -0.2) is 35.7 Å². The fraction of sp³-hybridized carbons (Fsp3) is 0.263. The predicted octanol–water partition coefficient (Wildman–Crippen LogP) is 2.38. The summed E-state index contributed by atoms with van der Waals surface area (Å²) in [4.78, 5) is 24.2. The summed E-state index contributed by atoms with van der Waals surface area (Å²) in [5.41, 5.74) is 0.765. The van der Waals surface area contributed by atoms with E-state index in [1.165, 1.54) is 6.92 Å². The summed E-state index contributed by atoms with van der Waals surface area (Å²) in [6.07, 6.45) is 0.802. The largest absolute Gasteiger partial charge is 0.507 e. The second-order valence-corrected chi connectivity index (χ2v) is 6.32. The molecule has 26 heavy (non-hydrogen) atoms. The summed E-state index contributed by atoms with van der Waals surface area (Å²) in [6.45, 7) is 1.65. The Morgan fingerprint density at radius 1 is 1.15 bits per heavy atom. The van der Waals surface area contributed by atoms with Crippen molar-refractivity contribution in [1.82, 2.24) is 0 Å². The Bertz CT molecular complexity index is 932. The number of carbonyl (C=O) groups excluding carboxylic acids is 2. The lowest BCUT2D eigenvalue weighted by Gasteiger charge is -2.27. The molecule has 7 heteroatoms. The lowest BCUT2D eigenvalue weighted by molar-refractivity contribution is 0.0824. The molecular weight excluding hydrogens is 340 g/mol. The van der Waals surface area contributed by atoms with Crippen molar-refractivity contribution < 1.29 is 34.0 Å². The Labute approximate surface area is 148 Å². The molecule has 0 radical (unpaired) electrons. The lowest BCUT2D eigenvalue weighted by atomic mass is 9.86. The van der Waals surface area contributed by atoms with Gasteiger partial charge < -0.3 is 24.4 Å². The maximum atomic E-state index is 12.9. The van der Waals surface area contributed by atoms with Gasteiger partial charge in [-0.2, -0.15) is 0 Å². The van der Waals surface area contributed by atoms with Crippen LogP contribution in [0.15, 0.2) is 18.2 Å². The van der Waals surface area contributed by atoms with Crippen molar-refractivity contribution >= 4 is 12.1 Å². The zero-order chi connectivity index (χ0) is 18.4. The van der Waals surface area contributed by atoms with Gasteiger partial charge >= 0.3 is 0 Å². The zero-order valence-electron chi connectivity index (χ0n) is 13.9. The number of phenolic OH excluding ortho intramolecular Hbond substituents is 2. The molecule has 4 rings (SSSR count). The standard InChI is InChI=1S/C19H16O7/c1-9-16(21)12(6-20)19-15(17(9)22)18(23)11(7-24-19)4-10-2-3-13-14(5-10)26-8-25-13/h2-3,5-6,11,21-22H,4,7-8H2,1H3. The van der Waals surface area contributed by atoms with E-state index in [2.05, 4.69) is 0 Å². The van der Waals surface area contributed by atoms with Gasteiger partial charge in [0.05, 0.1) is 18.1 Å². The van der Waals surface area contributed by atoms with Crippen LogP contribution in [0.5, 0.6) is 28.7 Å². The second-order valence-electron chi connectivity index (χ2n) is 6.32. The Balaban J connectivity index is 1.68. The molecule has 0 bridgehead atoms. The Morgan fingerprint density at radius 3 is 2.69 bits per heavy atom. The minimum absolute atomic E-state index is 0.0447. The second kappa shape index (κ2) is 5.94. The minimum atomic E-state index is -0.530. The average Bonchev–Trinajstić information content (AvgIpc) is 3.10. The maximum absolute atomic E-state index is 12.9. The van der Waals surface area contributed by atoms with Gasteiger partial charge in [0.2, 0.25) is 6.79 Å². The highest BCUT2D eigenvalue weighted by Crippen LogP contribution is 2.45. The van der Waals surface area contributed by atoms with Gasteiger partial charge in [0.1, 0.15) is 22.8 Å². The van der Waals surface area contributed by atoms with E-state index >= 15 is 0 Å². The number of carbonyl (C=O) groups is 2. The van der Waals surface area contributed by atoms with E-state index in [0.29, 0.717) is 24.2 Å². The molecule has 2 aromatic carbocycles. The SMILES string of the molecule is Cc1c(O)c(C=O)c2c(c1O)C(=O)C(Cc1ccc3c(c1)OCO3)CO2. The minimum Gasteiger partial charge on any atom is -0.507 e. The number of aldehydes is 1. The third-order valence-corrected chi connectivity index (χ3v) is 4.76. The van der Waals surface area contributed by atoms with Gasteiger partial charge in [0.15, 0.2) is 23.6 Å². The average molecular weight is 356 g/mol. The van der Waals surface area contributed by atoms with Crippen LogP contribution in [0.4, 0.5) is 0 Å². The molecule has 2 heterocycles. The third kappa shape index (κ3) is 2.35. The molecule has 2 N–H and O–H groups in total. The van der Waals surface area contributed by atoms with E-state index in [1.54, 1.807) is 6.07 Å². The van der Waals surface area contributed by atoms with Crippen LogP contribution in [0.3, 0.4) is 0 Å². The monoisotopic (exact) mass is 356 g/mol. The molecule has 0 saturated carbocycles. The Kier molecular flexibility index (Phi) is 3.72. The summed E-state index contributed by atoms with van der Waals surface area (Å²) in [6, 6.07) is 5.43. The van der Waals surface area contributed by atoms with Gasteiger partial charge in [0.25, 0.3) is 0 Å². The summed E-state index contributed by atoms with van der Waals surface area (Å²) in [7, 11) is 0. The quantitative estimate of drug-likeness (QED) is 0.814. The number of ketones is 1. The van der Waals surface area contributed by atoms with Crippen molar-refractivity contribution in [3.8, 4) is 28.7 Å². The van der Waals surface area contributed by atoms with E-state index in [0.717, 1.165) is 5.56 Å². The van der Waals surface area contributed by atoms with E-state index in [4.69, 9.17) is 14.2 Å². The van der Waals surface area contributed by atoms with Crippen molar-refractivity contribution in [2.45, 2.75) is 13.3 Å². The van der Waals surface area contributed by atoms with E-state index in [-0.39, 0.29) is 53.1 Å². The Hall–Kier alpha value is -3.22. The summed E-state index contributed by atoms with van der Waals surface area (Å²) in [5, 5.41) is 20.3. The highest BCUT2D eigenvalue weighted by Gasteiger charge is 2.36. The highest BCUT2D eigenvalue weighted by atomic mass is 16.7. The third-order valence-electron chi connectivity index (χ3n) is 4.76. The molecule has 0 fully saturated rings. The van der Waals surface area contributed by atoms with E-state index < -0.39 is 5.92 Å². The first kappa shape index (κ1) is 16.3. The van der Waals surface area contributed by atoms with Gasteiger partial charge in [0, 0.05) is 5.56 Å². The number of benzene rings is 2. The molecule has 0 spiro atoms. The van der Waals surface area contributed by atoms with Crippen LogP contribution in [0.2, 0.25) is 0 Å². The molecule has 2 aliphatic heterocycles. The molecule has 134 valence electrons. The Morgan fingerprint density at radius 2 is 1.92 bits per heavy atom. The van der Waals surface area contributed by atoms with E-state index in [1.807, 2.05) is 12.1 Å². The van der Waals surface area contributed by atoms with Crippen molar-refractivity contribution in [1.29, 1.82) is 0 Å². The number of hydrogen-bond acceptors (Lipinski definition) is 7. The number of phenols is 2. The first-order valence-electron chi connectivity index (χ1n) is 8.10. The van der Waals surface area contributed by atoms with Crippen LogP contribution in [0.25, 0.3) is 0 Å². The number of fused-ring (bicyclic) bond motifs is 2. The van der Waals surface area contributed by atoms with Crippen LogP contribution < -0.4 is 14.2 Å². The number of Topliss-reactive ketones (excluding diaryl/α,β-unsaturated/α-hetero) is 1. The van der Waals surface area contributed by atoms with Gasteiger partial charge in [-0.05, 0) is 31.0 Å². The number of ether oxygens (including phenoxy) is 3. The van der Waals surface area contributed by atoms with Crippen molar-refractivity contribution in [2.75, 3.05) is 13.4 Å². The smallest absolute Gasteiger partial charge is 0.231 e. The molecular formula is C19H16O7. The van der Waals surface area contributed by atoms with Crippen LogP contribution in [-0.2, 0) is 6.42 Å². The normalized spacial score (nSPS) is 17.6. The first-order chi connectivity index (χ1) is 12.5. The topological polar surface area (TPSA) is 102 Å². The fourth-order valence-electron chi connectivity index (χ4n) is 3.31. The van der Waals surface area contributed by atoms with Crippen LogP contribution in [0.1, 0.15) is 31.8 Å². The summed E-state index contributed by atoms with van der Waals surface area (Å²) >= 11 is 0. The van der Waals surface area contributed by atoms with Gasteiger partial charge in [-0.3, -0.25) is 9.59 Å². The van der Waals surface area contributed by atoms with E-state index in [9.17, 15) is 19.8 Å². The predicted molar refractivity (Wildman–Crippen MR) is 89.5 cm³/mol. The fourth-order valence-corrected chi connectivity index (χ4v) is 3.31. The first-order valence-corrected chi connectivity index (χ1v) is 8.10. The summed E-state index contributed by atoms with van der Waals surface area (Å²) < 4.78 is 16.2.